The first kappa shape index (κ1) is 21.1. The van der Waals surface area contributed by atoms with E-state index in [1.165, 1.54) is 24.0 Å². The molecule has 2 aliphatic rings. The summed E-state index contributed by atoms with van der Waals surface area (Å²) in [6, 6.07) is 11.3. The highest BCUT2D eigenvalue weighted by Crippen LogP contribution is 2.32. The van der Waals surface area contributed by atoms with Gasteiger partial charge in [-0.3, -0.25) is 4.79 Å². The lowest BCUT2D eigenvalue weighted by molar-refractivity contribution is -0.118. The maximum atomic E-state index is 13.1. The van der Waals surface area contributed by atoms with Crippen LogP contribution in [0.5, 0.6) is 0 Å². The largest absolute Gasteiger partial charge is 0.312 e. The molecule has 0 radical (unpaired) electrons. The first-order valence-electron chi connectivity index (χ1n) is 11.0. The molecule has 1 amide bonds. The lowest BCUT2D eigenvalue weighted by Crippen LogP contribution is -2.29. The molecule has 2 aromatic rings. The van der Waals surface area contributed by atoms with E-state index in [0.717, 1.165) is 29.7 Å². The molecule has 5 nitrogen and oxygen atoms in total. The van der Waals surface area contributed by atoms with Gasteiger partial charge in [0.1, 0.15) is 0 Å². The summed E-state index contributed by atoms with van der Waals surface area (Å²) >= 11 is 0. The summed E-state index contributed by atoms with van der Waals surface area (Å²) in [7, 11) is -3.66. The quantitative estimate of drug-likeness (QED) is 0.749. The van der Waals surface area contributed by atoms with Gasteiger partial charge in [-0.1, -0.05) is 32.0 Å². The van der Waals surface area contributed by atoms with E-state index in [4.69, 9.17) is 0 Å². The topological polar surface area (TPSA) is 66.5 Å². The van der Waals surface area contributed by atoms with E-state index in [0.29, 0.717) is 25.8 Å². The minimum Gasteiger partial charge on any atom is -0.312 e. The average molecular weight is 427 g/mol. The molecule has 0 aromatic heterocycles. The molecule has 1 atom stereocenters. The Labute approximate surface area is 179 Å². The Hall–Kier alpha value is -2.18. The zero-order valence-corrected chi connectivity index (χ0v) is 18.6. The lowest BCUT2D eigenvalue weighted by atomic mass is 9.89. The van der Waals surface area contributed by atoms with Gasteiger partial charge in [-0.05, 0) is 79.0 Å². The third-order valence-electron chi connectivity index (χ3n) is 6.34. The number of sulfonamides is 1. The molecule has 160 valence electrons. The standard InChI is InChI=1S/C24H30N2O3S/c1-3-22(19-10-9-17-7-5-6-8-18(17)15-19)25-30(28,29)21-11-12-23-20(16-21)13-14-26(23)24(27)4-2/h9-12,15-16,22,25H,3-8,13-14H2,1-2H3/t22-/m1/s1. The molecule has 30 heavy (non-hydrogen) atoms. The highest BCUT2D eigenvalue weighted by atomic mass is 32.2. The second-order valence-electron chi connectivity index (χ2n) is 8.26. The Morgan fingerprint density at radius 1 is 1.00 bits per heavy atom. The van der Waals surface area contributed by atoms with E-state index in [9.17, 15) is 13.2 Å². The van der Waals surface area contributed by atoms with Gasteiger partial charge in [-0.2, -0.15) is 0 Å². The molecule has 0 unspecified atom stereocenters. The van der Waals surface area contributed by atoms with Gasteiger partial charge in [0.05, 0.1) is 4.90 Å². The number of aryl methyl sites for hydroxylation is 2. The van der Waals surface area contributed by atoms with Crippen molar-refractivity contribution in [3.05, 3.63) is 58.7 Å². The minimum atomic E-state index is -3.66. The molecular formula is C24H30N2O3S. The molecule has 1 heterocycles. The van der Waals surface area contributed by atoms with Gasteiger partial charge in [0.15, 0.2) is 0 Å². The summed E-state index contributed by atoms with van der Waals surface area (Å²) in [6.07, 6.45) is 6.44. The van der Waals surface area contributed by atoms with Crippen LogP contribution in [0.1, 0.15) is 67.8 Å². The highest BCUT2D eigenvalue weighted by Gasteiger charge is 2.27. The summed E-state index contributed by atoms with van der Waals surface area (Å²) in [5, 5.41) is 0. The zero-order valence-electron chi connectivity index (χ0n) is 17.8. The number of hydrogen-bond donors (Lipinski definition) is 1. The number of carbonyl (C=O) groups excluding carboxylic acids is 1. The SMILES string of the molecule is CCC(=O)N1CCc2cc(S(=O)(=O)N[C@H](CC)c3ccc4c(c3)CCCC4)ccc21. The molecule has 0 fully saturated rings. The third kappa shape index (κ3) is 4.03. The highest BCUT2D eigenvalue weighted by molar-refractivity contribution is 7.89. The van der Waals surface area contributed by atoms with Gasteiger partial charge in [0, 0.05) is 24.7 Å². The number of anilines is 1. The minimum absolute atomic E-state index is 0.0703. The number of rotatable bonds is 6. The van der Waals surface area contributed by atoms with E-state index < -0.39 is 10.0 Å². The van der Waals surface area contributed by atoms with Crippen molar-refractivity contribution < 1.29 is 13.2 Å². The van der Waals surface area contributed by atoms with Crippen LogP contribution in [-0.4, -0.2) is 20.9 Å². The molecule has 0 bridgehead atoms. The molecule has 1 aliphatic heterocycles. The van der Waals surface area contributed by atoms with Crippen molar-refractivity contribution in [2.45, 2.75) is 69.7 Å². The molecular weight excluding hydrogens is 396 g/mol. The predicted molar refractivity (Wildman–Crippen MR) is 119 cm³/mol. The van der Waals surface area contributed by atoms with Crippen LogP contribution in [0.15, 0.2) is 41.3 Å². The molecule has 0 saturated carbocycles. The summed E-state index contributed by atoms with van der Waals surface area (Å²) in [5.41, 5.74) is 5.54. The number of amides is 1. The van der Waals surface area contributed by atoms with Crippen molar-refractivity contribution in [2.24, 2.45) is 0 Å². The van der Waals surface area contributed by atoms with Crippen molar-refractivity contribution in [1.29, 1.82) is 0 Å². The lowest BCUT2D eigenvalue weighted by Gasteiger charge is -2.22. The van der Waals surface area contributed by atoms with E-state index in [1.54, 1.807) is 23.1 Å². The van der Waals surface area contributed by atoms with Gasteiger partial charge in [0.2, 0.25) is 15.9 Å². The number of nitrogens with zero attached hydrogens (tertiary/aromatic N) is 1. The Morgan fingerprint density at radius 2 is 1.77 bits per heavy atom. The van der Waals surface area contributed by atoms with E-state index in [-0.39, 0.29) is 16.8 Å². The van der Waals surface area contributed by atoms with Crippen molar-refractivity contribution in [2.75, 3.05) is 11.4 Å². The first-order chi connectivity index (χ1) is 14.4. The van der Waals surface area contributed by atoms with Crippen LogP contribution in [0.2, 0.25) is 0 Å². The van der Waals surface area contributed by atoms with Crippen molar-refractivity contribution in [3.63, 3.8) is 0 Å². The number of benzene rings is 2. The number of hydrogen-bond acceptors (Lipinski definition) is 3. The smallest absolute Gasteiger partial charge is 0.241 e. The molecule has 6 heteroatoms. The van der Waals surface area contributed by atoms with Gasteiger partial charge in [-0.15, -0.1) is 0 Å². The average Bonchev–Trinajstić information content (AvgIpc) is 3.20. The van der Waals surface area contributed by atoms with Gasteiger partial charge >= 0.3 is 0 Å². The van der Waals surface area contributed by atoms with Crippen LogP contribution >= 0.6 is 0 Å². The molecule has 2 aromatic carbocycles. The first-order valence-corrected chi connectivity index (χ1v) is 12.5. The van der Waals surface area contributed by atoms with Crippen molar-refractivity contribution in [1.82, 2.24) is 4.72 Å². The Morgan fingerprint density at radius 3 is 2.50 bits per heavy atom. The fourth-order valence-corrected chi connectivity index (χ4v) is 5.97. The second kappa shape index (κ2) is 8.52. The Kier molecular flexibility index (Phi) is 5.98. The predicted octanol–water partition coefficient (Wildman–Crippen LogP) is 4.29. The van der Waals surface area contributed by atoms with Crippen LogP contribution in [-0.2, 0) is 34.1 Å². The van der Waals surface area contributed by atoms with Crippen LogP contribution in [0.4, 0.5) is 5.69 Å². The maximum Gasteiger partial charge on any atom is 0.241 e. The van der Waals surface area contributed by atoms with Crippen LogP contribution in [0, 0.1) is 0 Å². The fraction of sp³-hybridized carbons (Fsp3) is 0.458. The molecule has 1 aliphatic carbocycles. The Balaban J connectivity index is 1.57. The third-order valence-corrected chi connectivity index (χ3v) is 7.81. The fourth-order valence-electron chi connectivity index (χ4n) is 4.61. The number of fused-ring (bicyclic) bond motifs is 2. The van der Waals surface area contributed by atoms with Crippen LogP contribution < -0.4 is 9.62 Å². The summed E-state index contributed by atoms with van der Waals surface area (Å²) in [6.45, 7) is 4.46. The van der Waals surface area contributed by atoms with E-state index in [1.807, 2.05) is 13.8 Å². The van der Waals surface area contributed by atoms with Gasteiger partial charge in [-0.25, -0.2) is 13.1 Å². The monoisotopic (exact) mass is 426 g/mol. The summed E-state index contributed by atoms with van der Waals surface area (Å²) < 4.78 is 29.2. The van der Waals surface area contributed by atoms with E-state index in [2.05, 4.69) is 22.9 Å². The molecule has 0 spiro atoms. The van der Waals surface area contributed by atoms with E-state index >= 15 is 0 Å². The van der Waals surface area contributed by atoms with Crippen LogP contribution in [0.3, 0.4) is 0 Å². The maximum absolute atomic E-state index is 13.1. The molecule has 4 rings (SSSR count). The molecule has 1 N–H and O–H groups in total. The number of carbonyl (C=O) groups is 1. The van der Waals surface area contributed by atoms with Gasteiger partial charge in [0.25, 0.3) is 0 Å². The molecule has 0 saturated heterocycles. The number of nitrogens with one attached hydrogen (secondary N) is 1. The summed E-state index contributed by atoms with van der Waals surface area (Å²) in [4.78, 5) is 14.1. The van der Waals surface area contributed by atoms with Crippen molar-refractivity contribution in [3.8, 4) is 0 Å². The van der Waals surface area contributed by atoms with Crippen molar-refractivity contribution >= 4 is 21.6 Å². The summed E-state index contributed by atoms with van der Waals surface area (Å²) in [5.74, 6) is 0.0703. The normalized spacial score (nSPS) is 16.8. The zero-order chi connectivity index (χ0) is 21.3. The second-order valence-corrected chi connectivity index (χ2v) is 9.97. The van der Waals surface area contributed by atoms with Gasteiger partial charge < -0.3 is 4.90 Å². The van der Waals surface area contributed by atoms with Crippen LogP contribution in [0.25, 0.3) is 0 Å². The Bertz CT molecular complexity index is 1060.